The molecule has 2 atom stereocenters. The summed E-state index contributed by atoms with van der Waals surface area (Å²) in [6, 6.07) is 10.2. The Bertz CT molecular complexity index is 393. The molecular formula is C14H21N3S. The molecule has 0 radical (unpaired) electrons. The minimum atomic E-state index is 0.0292. The maximum absolute atomic E-state index is 7.80. The molecular weight excluding hydrogens is 242 g/mol. The number of nitrogens with one attached hydrogen (secondary N) is 1. The lowest BCUT2D eigenvalue weighted by Crippen LogP contribution is -2.41. The molecule has 0 aromatic heterocycles. The zero-order valence-corrected chi connectivity index (χ0v) is 11.6. The molecule has 0 spiro atoms. The van der Waals surface area contributed by atoms with E-state index in [0.717, 1.165) is 25.2 Å². The van der Waals surface area contributed by atoms with Crippen LogP contribution in [0.15, 0.2) is 30.3 Å². The van der Waals surface area contributed by atoms with Crippen LogP contribution in [0.25, 0.3) is 0 Å². The van der Waals surface area contributed by atoms with Gasteiger partial charge in [-0.15, -0.1) is 0 Å². The highest BCUT2D eigenvalue weighted by Gasteiger charge is 2.22. The summed E-state index contributed by atoms with van der Waals surface area (Å²) < 4.78 is 0. The molecule has 1 saturated heterocycles. The predicted molar refractivity (Wildman–Crippen MR) is 79.5 cm³/mol. The van der Waals surface area contributed by atoms with Crippen molar-refractivity contribution in [3.63, 3.8) is 0 Å². The van der Waals surface area contributed by atoms with Crippen LogP contribution in [0.3, 0.4) is 0 Å². The third-order valence-corrected chi connectivity index (χ3v) is 4.48. The molecule has 1 aromatic carbocycles. The van der Waals surface area contributed by atoms with Gasteiger partial charge in [0.05, 0.1) is 11.8 Å². The summed E-state index contributed by atoms with van der Waals surface area (Å²) in [4.78, 5) is 2.43. The van der Waals surface area contributed by atoms with Crippen LogP contribution in [-0.4, -0.2) is 41.4 Å². The van der Waals surface area contributed by atoms with E-state index in [1.807, 2.05) is 30.0 Å². The average Bonchev–Trinajstić information content (AvgIpc) is 2.37. The molecule has 0 saturated carbocycles. The van der Waals surface area contributed by atoms with Crippen LogP contribution in [-0.2, 0) is 0 Å². The fourth-order valence-electron chi connectivity index (χ4n) is 2.38. The highest BCUT2D eigenvalue weighted by molar-refractivity contribution is 7.99. The number of hydrogen-bond donors (Lipinski definition) is 2. The van der Waals surface area contributed by atoms with E-state index < -0.39 is 0 Å². The topological polar surface area (TPSA) is 53.1 Å². The first kappa shape index (κ1) is 13.4. The minimum Gasteiger partial charge on any atom is -0.387 e. The van der Waals surface area contributed by atoms with E-state index in [2.05, 4.69) is 24.0 Å². The third-order valence-electron chi connectivity index (χ3n) is 3.34. The van der Waals surface area contributed by atoms with Gasteiger partial charge in [0.15, 0.2) is 0 Å². The Morgan fingerprint density at radius 2 is 2.22 bits per heavy atom. The summed E-state index contributed by atoms with van der Waals surface area (Å²) in [5.74, 6) is 1.48. The van der Waals surface area contributed by atoms with Crippen LogP contribution in [0.4, 0.5) is 0 Å². The minimum absolute atomic E-state index is 0.0292. The van der Waals surface area contributed by atoms with Crippen molar-refractivity contribution in [1.82, 2.24) is 4.90 Å². The van der Waals surface area contributed by atoms with Crippen molar-refractivity contribution >= 4 is 17.6 Å². The van der Waals surface area contributed by atoms with Gasteiger partial charge in [0, 0.05) is 30.6 Å². The van der Waals surface area contributed by atoms with Gasteiger partial charge in [-0.05, 0) is 5.56 Å². The Morgan fingerprint density at radius 3 is 2.83 bits per heavy atom. The van der Waals surface area contributed by atoms with Crippen LogP contribution in [0.5, 0.6) is 0 Å². The van der Waals surface area contributed by atoms with E-state index in [1.54, 1.807) is 0 Å². The van der Waals surface area contributed by atoms with Gasteiger partial charge in [-0.1, -0.05) is 37.3 Å². The number of nitrogens with zero attached hydrogens (tertiary/aromatic N) is 1. The SMILES string of the molecule is CC1CN(CC(C(=N)N)c2ccccc2)CCS1. The van der Waals surface area contributed by atoms with Crippen molar-refractivity contribution in [2.45, 2.75) is 18.1 Å². The predicted octanol–water partition coefficient (Wildman–Crippen LogP) is 2.14. The van der Waals surface area contributed by atoms with Gasteiger partial charge in [0.1, 0.15) is 0 Å². The summed E-state index contributed by atoms with van der Waals surface area (Å²) in [7, 11) is 0. The van der Waals surface area contributed by atoms with Crippen LogP contribution >= 0.6 is 11.8 Å². The van der Waals surface area contributed by atoms with Crippen LogP contribution < -0.4 is 5.73 Å². The molecule has 1 aliphatic heterocycles. The molecule has 98 valence electrons. The number of nitrogens with two attached hydrogens (primary N) is 1. The van der Waals surface area contributed by atoms with E-state index in [9.17, 15) is 0 Å². The summed E-state index contributed by atoms with van der Waals surface area (Å²) in [5, 5.41) is 8.49. The first-order valence-electron chi connectivity index (χ1n) is 6.39. The standard InChI is InChI=1S/C14H21N3S/c1-11-9-17(7-8-18-11)10-13(14(15)16)12-5-3-2-4-6-12/h2-6,11,13H,7-10H2,1H3,(H3,15,16). The summed E-state index contributed by atoms with van der Waals surface area (Å²) in [6.45, 7) is 5.33. The summed E-state index contributed by atoms with van der Waals surface area (Å²) >= 11 is 2.03. The second-order valence-corrected chi connectivity index (χ2v) is 6.41. The third kappa shape index (κ3) is 3.50. The largest absolute Gasteiger partial charge is 0.387 e. The van der Waals surface area contributed by atoms with E-state index in [4.69, 9.17) is 11.1 Å². The van der Waals surface area contributed by atoms with Gasteiger partial charge in [0.25, 0.3) is 0 Å². The van der Waals surface area contributed by atoms with E-state index in [1.165, 1.54) is 5.75 Å². The Hall–Kier alpha value is -1.00. The Kier molecular flexibility index (Phi) is 4.66. The Labute approximate surface area is 113 Å². The van der Waals surface area contributed by atoms with E-state index in [0.29, 0.717) is 5.25 Å². The fraction of sp³-hybridized carbons (Fsp3) is 0.500. The average molecular weight is 263 g/mol. The molecule has 1 aliphatic rings. The number of amidine groups is 1. The van der Waals surface area contributed by atoms with Crippen molar-refractivity contribution in [1.29, 1.82) is 5.41 Å². The lowest BCUT2D eigenvalue weighted by Gasteiger charge is -2.33. The molecule has 1 fully saturated rings. The smallest absolute Gasteiger partial charge is 0.0995 e. The van der Waals surface area contributed by atoms with Gasteiger partial charge >= 0.3 is 0 Å². The maximum atomic E-state index is 7.80. The second kappa shape index (κ2) is 6.25. The molecule has 0 bridgehead atoms. The highest BCUT2D eigenvalue weighted by Crippen LogP contribution is 2.22. The normalized spacial score (nSPS) is 22.6. The molecule has 4 heteroatoms. The molecule has 3 N–H and O–H groups in total. The Morgan fingerprint density at radius 1 is 1.50 bits per heavy atom. The second-order valence-electron chi connectivity index (χ2n) is 4.86. The van der Waals surface area contributed by atoms with E-state index in [-0.39, 0.29) is 11.8 Å². The fourth-order valence-corrected chi connectivity index (χ4v) is 3.47. The molecule has 2 unspecified atom stereocenters. The van der Waals surface area contributed by atoms with Crippen LogP contribution in [0, 0.1) is 5.41 Å². The quantitative estimate of drug-likeness (QED) is 0.646. The van der Waals surface area contributed by atoms with Gasteiger partial charge in [-0.25, -0.2) is 0 Å². The first-order chi connectivity index (χ1) is 8.66. The monoisotopic (exact) mass is 263 g/mol. The molecule has 3 nitrogen and oxygen atoms in total. The zero-order chi connectivity index (χ0) is 13.0. The van der Waals surface area contributed by atoms with Crippen molar-refractivity contribution in [3.05, 3.63) is 35.9 Å². The van der Waals surface area contributed by atoms with Crippen molar-refractivity contribution in [2.75, 3.05) is 25.4 Å². The van der Waals surface area contributed by atoms with Crippen LogP contribution in [0.2, 0.25) is 0 Å². The van der Waals surface area contributed by atoms with Crippen LogP contribution in [0.1, 0.15) is 18.4 Å². The van der Waals surface area contributed by atoms with Gasteiger partial charge in [-0.3, -0.25) is 5.41 Å². The number of benzene rings is 1. The van der Waals surface area contributed by atoms with Gasteiger partial charge < -0.3 is 10.6 Å². The molecule has 0 amide bonds. The van der Waals surface area contributed by atoms with Crippen molar-refractivity contribution in [3.8, 4) is 0 Å². The zero-order valence-electron chi connectivity index (χ0n) is 10.8. The van der Waals surface area contributed by atoms with Gasteiger partial charge in [0.2, 0.25) is 0 Å². The molecule has 0 aliphatic carbocycles. The Balaban J connectivity index is 2.05. The highest BCUT2D eigenvalue weighted by atomic mass is 32.2. The first-order valence-corrected chi connectivity index (χ1v) is 7.44. The molecule has 1 heterocycles. The summed E-state index contributed by atoms with van der Waals surface area (Å²) in [6.07, 6.45) is 0. The van der Waals surface area contributed by atoms with Crippen molar-refractivity contribution in [2.24, 2.45) is 5.73 Å². The van der Waals surface area contributed by atoms with Crippen molar-refractivity contribution < 1.29 is 0 Å². The molecule has 2 rings (SSSR count). The van der Waals surface area contributed by atoms with Gasteiger partial charge in [-0.2, -0.15) is 11.8 Å². The number of thioether (sulfide) groups is 1. The number of rotatable bonds is 4. The van der Waals surface area contributed by atoms with E-state index >= 15 is 0 Å². The summed E-state index contributed by atoms with van der Waals surface area (Å²) in [5.41, 5.74) is 6.92. The lowest BCUT2D eigenvalue weighted by atomic mass is 9.97. The lowest BCUT2D eigenvalue weighted by molar-refractivity contribution is 0.283. The molecule has 18 heavy (non-hydrogen) atoms. The number of hydrogen-bond acceptors (Lipinski definition) is 3. The molecule has 1 aromatic rings. The maximum Gasteiger partial charge on any atom is 0.0995 e.